The summed E-state index contributed by atoms with van der Waals surface area (Å²) in [6.45, 7) is 4.94. The smallest absolute Gasteiger partial charge is 0.319 e. The molecular weight excluding hydrogens is 593 g/mol. The van der Waals surface area contributed by atoms with Crippen molar-refractivity contribution < 1.29 is 22.6 Å². The van der Waals surface area contributed by atoms with Gasteiger partial charge in [-0.2, -0.15) is 9.97 Å². The van der Waals surface area contributed by atoms with Crippen LogP contribution in [0, 0.1) is 24.0 Å². The van der Waals surface area contributed by atoms with Crippen LogP contribution in [0.4, 0.5) is 24.7 Å². The summed E-state index contributed by atoms with van der Waals surface area (Å²) in [5.41, 5.74) is 7.68. The Morgan fingerprint density at radius 2 is 2.00 bits per heavy atom. The van der Waals surface area contributed by atoms with Gasteiger partial charge in [0.15, 0.2) is 5.82 Å². The van der Waals surface area contributed by atoms with Gasteiger partial charge in [0.05, 0.1) is 34.8 Å². The Hall–Kier alpha value is -4.40. The van der Waals surface area contributed by atoms with Crippen LogP contribution in [0.3, 0.4) is 0 Å². The number of rotatable bonds is 4. The molecule has 6 heterocycles. The second-order valence-electron chi connectivity index (χ2n) is 12.8. The number of fused-ring (bicyclic) bond motifs is 4. The fourth-order valence-electron chi connectivity index (χ4n) is 7.88. The zero-order valence-electron chi connectivity index (χ0n) is 25.5. The number of benzene rings is 2. The Balaban J connectivity index is 1.37. The number of pyridine rings is 1. The van der Waals surface area contributed by atoms with Crippen LogP contribution in [0.2, 0.25) is 0 Å². The van der Waals surface area contributed by atoms with E-state index in [1.807, 2.05) is 6.92 Å². The van der Waals surface area contributed by atoms with Crippen LogP contribution in [0.15, 0.2) is 30.3 Å². The van der Waals surface area contributed by atoms with Crippen molar-refractivity contribution in [2.45, 2.75) is 50.4 Å². The van der Waals surface area contributed by atoms with Gasteiger partial charge >= 0.3 is 6.01 Å². The van der Waals surface area contributed by atoms with E-state index in [0.29, 0.717) is 66.1 Å². The van der Waals surface area contributed by atoms with Crippen LogP contribution in [0.25, 0.3) is 38.5 Å². The van der Waals surface area contributed by atoms with Crippen molar-refractivity contribution in [1.82, 2.24) is 19.9 Å². The number of halogens is 3. The van der Waals surface area contributed by atoms with Gasteiger partial charge in [0.25, 0.3) is 0 Å². The first-order valence-corrected chi connectivity index (χ1v) is 15.7. The summed E-state index contributed by atoms with van der Waals surface area (Å²) in [5, 5.41) is 1.35. The molecular formula is C35H33F3N6O2. The van der Waals surface area contributed by atoms with Gasteiger partial charge in [0, 0.05) is 42.8 Å². The second kappa shape index (κ2) is 10.9. The molecule has 0 saturated carbocycles. The summed E-state index contributed by atoms with van der Waals surface area (Å²) in [5.74, 6) is 1.60. The lowest BCUT2D eigenvalue weighted by atomic mass is 9.94. The van der Waals surface area contributed by atoms with Gasteiger partial charge in [-0.15, -0.1) is 6.42 Å². The zero-order chi connectivity index (χ0) is 31.7. The van der Waals surface area contributed by atoms with Crippen molar-refractivity contribution in [2.24, 2.45) is 0 Å². The molecule has 4 aliphatic heterocycles. The molecule has 8 rings (SSSR count). The van der Waals surface area contributed by atoms with E-state index < -0.39 is 23.3 Å². The molecule has 236 valence electrons. The van der Waals surface area contributed by atoms with E-state index >= 15 is 4.39 Å². The van der Waals surface area contributed by atoms with Crippen molar-refractivity contribution >= 4 is 38.8 Å². The summed E-state index contributed by atoms with van der Waals surface area (Å²) in [6.07, 6.45) is 9.80. The third kappa shape index (κ3) is 4.49. The summed E-state index contributed by atoms with van der Waals surface area (Å²) in [7, 11) is 0. The van der Waals surface area contributed by atoms with Gasteiger partial charge in [-0.1, -0.05) is 18.1 Å². The number of hydrogen-bond donors (Lipinski definition) is 1. The Labute approximate surface area is 264 Å². The highest BCUT2D eigenvalue weighted by molar-refractivity contribution is 6.06. The number of allylic oxidation sites excluding steroid dienone is 1. The number of nitrogens with zero attached hydrogens (tertiary/aromatic N) is 5. The topological polar surface area (TPSA) is 89.6 Å². The fourth-order valence-corrected chi connectivity index (χ4v) is 7.88. The highest BCUT2D eigenvalue weighted by Crippen LogP contribution is 2.44. The number of alkyl halides is 1. The molecule has 0 spiro atoms. The Morgan fingerprint density at radius 3 is 2.85 bits per heavy atom. The van der Waals surface area contributed by atoms with Crippen molar-refractivity contribution in [3.8, 4) is 29.6 Å². The molecule has 4 aliphatic rings. The average Bonchev–Trinajstić information content (AvgIpc) is 3.42. The second-order valence-corrected chi connectivity index (χ2v) is 12.8. The van der Waals surface area contributed by atoms with Gasteiger partial charge in [0.1, 0.15) is 35.6 Å². The lowest BCUT2D eigenvalue weighted by molar-refractivity contribution is 0.107. The van der Waals surface area contributed by atoms with Gasteiger partial charge in [-0.3, -0.25) is 4.90 Å². The van der Waals surface area contributed by atoms with E-state index in [2.05, 4.69) is 26.8 Å². The Morgan fingerprint density at radius 1 is 1.13 bits per heavy atom. The van der Waals surface area contributed by atoms with E-state index in [-0.39, 0.29) is 41.0 Å². The van der Waals surface area contributed by atoms with Crippen LogP contribution >= 0.6 is 0 Å². The van der Waals surface area contributed by atoms with Crippen molar-refractivity contribution in [3.05, 3.63) is 53.2 Å². The Bertz CT molecular complexity index is 1990. The van der Waals surface area contributed by atoms with E-state index in [1.54, 1.807) is 18.2 Å². The van der Waals surface area contributed by atoms with Gasteiger partial charge in [-0.05, 0) is 61.9 Å². The number of ether oxygens (including phenoxy) is 2. The van der Waals surface area contributed by atoms with E-state index in [9.17, 15) is 8.78 Å². The molecule has 8 nitrogen and oxygen atoms in total. The Kier molecular flexibility index (Phi) is 6.85. The summed E-state index contributed by atoms with van der Waals surface area (Å²) >= 11 is 0. The third-order valence-corrected chi connectivity index (χ3v) is 9.93. The highest BCUT2D eigenvalue weighted by atomic mass is 19.1. The van der Waals surface area contributed by atoms with Crippen LogP contribution in [0.5, 0.6) is 6.01 Å². The first kappa shape index (κ1) is 29.0. The van der Waals surface area contributed by atoms with Crippen LogP contribution in [0.1, 0.15) is 43.9 Å². The van der Waals surface area contributed by atoms with Crippen LogP contribution in [-0.2, 0) is 4.74 Å². The minimum absolute atomic E-state index is 0.00398. The number of anilines is 2. The minimum Gasteiger partial charge on any atom is -0.461 e. The molecule has 4 aromatic rings. The van der Waals surface area contributed by atoms with Crippen molar-refractivity contribution in [3.63, 3.8) is 0 Å². The van der Waals surface area contributed by atoms with Gasteiger partial charge in [-0.25, -0.2) is 18.2 Å². The van der Waals surface area contributed by atoms with Crippen molar-refractivity contribution in [1.29, 1.82) is 0 Å². The molecule has 46 heavy (non-hydrogen) atoms. The maximum atomic E-state index is 17.1. The molecule has 3 saturated heterocycles. The van der Waals surface area contributed by atoms with Gasteiger partial charge < -0.3 is 20.1 Å². The van der Waals surface area contributed by atoms with Crippen LogP contribution < -0.4 is 15.4 Å². The van der Waals surface area contributed by atoms with E-state index in [4.69, 9.17) is 31.6 Å². The lowest BCUT2D eigenvalue weighted by Gasteiger charge is -2.31. The molecule has 2 N–H and O–H groups in total. The molecule has 2 aromatic carbocycles. The monoisotopic (exact) mass is 626 g/mol. The number of nitrogen functional groups attached to an aromatic ring is 1. The quantitative estimate of drug-likeness (QED) is 0.230. The van der Waals surface area contributed by atoms with E-state index in [0.717, 1.165) is 31.4 Å². The molecule has 3 atom stereocenters. The standard InChI is InChI=1S/C35H33F3N6O2/c1-3-24-26(37)7-6-20-13-22(39)14-25(27(20)24)31-29(38)32-28-30(40-31)19(2)12-23-17-45-11-5-10-44(23)33(28)42-34(41-32)46-18-35-8-4-9-43(35)16-21(36)15-35/h1,6-7,12-14,21,23H,4-5,8-11,15-18,39H2,2H3/t21-,23-,35+/m1/s1. The number of hydrogen-bond acceptors (Lipinski definition) is 8. The fraction of sp³-hybridized carbons (Fsp3) is 0.400. The molecule has 3 fully saturated rings. The molecule has 11 heteroatoms. The minimum atomic E-state index is -0.919. The first-order chi connectivity index (χ1) is 22.3. The molecule has 0 unspecified atom stereocenters. The summed E-state index contributed by atoms with van der Waals surface area (Å²) in [6, 6.07) is 5.89. The van der Waals surface area contributed by atoms with Crippen LogP contribution in [-0.4, -0.2) is 77.1 Å². The SMILES string of the molecule is C#Cc1c(F)ccc2cc(N)cc(-c3nc4c5c(nc(OC[C@@]67CCCN6C[C@H](F)C7)nc5c3F)N3CCCOC[C@H]3C=C4C)c12. The highest BCUT2D eigenvalue weighted by Gasteiger charge is 2.49. The third-order valence-electron chi connectivity index (χ3n) is 9.93. The first-order valence-electron chi connectivity index (χ1n) is 15.7. The summed E-state index contributed by atoms with van der Waals surface area (Å²) in [4.78, 5) is 18.7. The van der Waals surface area contributed by atoms with Crippen molar-refractivity contribution in [2.75, 3.05) is 50.1 Å². The number of terminal acetylenes is 1. The zero-order valence-corrected chi connectivity index (χ0v) is 25.5. The predicted molar refractivity (Wildman–Crippen MR) is 171 cm³/mol. The van der Waals surface area contributed by atoms with Gasteiger partial charge in [0.2, 0.25) is 0 Å². The molecule has 0 radical (unpaired) electrons. The van der Waals surface area contributed by atoms with E-state index in [1.165, 1.54) is 6.07 Å². The number of aromatic nitrogens is 3. The summed E-state index contributed by atoms with van der Waals surface area (Å²) < 4.78 is 58.8. The maximum Gasteiger partial charge on any atom is 0.319 e. The number of nitrogens with two attached hydrogens (primary N) is 1. The lowest BCUT2D eigenvalue weighted by Crippen LogP contribution is -2.43. The predicted octanol–water partition coefficient (Wildman–Crippen LogP) is 5.65. The molecule has 0 amide bonds. The molecule has 0 aliphatic carbocycles. The largest absolute Gasteiger partial charge is 0.461 e. The normalized spacial score (nSPS) is 24.3. The maximum absolute atomic E-state index is 17.1. The molecule has 2 aromatic heterocycles. The molecule has 0 bridgehead atoms. The average molecular weight is 627 g/mol.